The van der Waals surface area contributed by atoms with Crippen LogP contribution >= 0.6 is 0 Å². The van der Waals surface area contributed by atoms with Gasteiger partial charge < -0.3 is 4.98 Å². The monoisotopic (exact) mass is 189 g/mol. The highest BCUT2D eigenvalue weighted by atomic mass is 19.4. The SMILES string of the molecule is C=C(c1cc(=O)cc[nH]1)C(F)(F)F. The van der Waals surface area contributed by atoms with Gasteiger partial charge in [0.15, 0.2) is 5.43 Å². The first-order chi connectivity index (χ1) is 5.91. The largest absolute Gasteiger partial charge is 0.417 e. The summed E-state index contributed by atoms with van der Waals surface area (Å²) in [5.74, 6) is 0. The highest BCUT2D eigenvalue weighted by molar-refractivity contribution is 5.64. The van der Waals surface area contributed by atoms with E-state index in [9.17, 15) is 18.0 Å². The van der Waals surface area contributed by atoms with Gasteiger partial charge >= 0.3 is 6.18 Å². The number of pyridine rings is 1. The molecular weight excluding hydrogens is 183 g/mol. The first kappa shape index (κ1) is 9.57. The van der Waals surface area contributed by atoms with Crippen molar-refractivity contribution in [1.29, 1.82) is 0 Å². The number of aromatic amines is 1. The lowest BCUT2D eigenvalue weighted by atomic mass is 10.2. The summed E-state index contributed by atoms with van der Waals surface area (Å²) in [5, 5.41) is 0. The molecule has 0 fully saturated rings. The minimum absolute atomic E-state index is 0.306. The number of halogens is 3. The zero-order valence-corrected chi connectivity index (χ0v) is 6.48. The lowest BCUT2D eigenvalue weighted by Gasteiger charge is -2.08. The second-order valence-corrected chi connectivity index (χ2v) is 2.41. The summed E-state index contributed by atoms with van der Waals surface area (Å²) in [6, 6.07) is 1.99. The number of rotatable bonds is 1. The molecule has 1 N–H and O–H groups in total. The maximum Gasteiger partial charge on any atom is 0.417 e. The molecule has 0 aliphatic heterocycles. The van der Waals surface area contributed by atoms with Crippen LogP contribution in [0, 0.1) is 0 Å². The molecule has 2 nitrogen and oxygen atoms in total. The van der Waals surface area contributed by atoms with E-state index in [1.54, 1.807) is 0 Å². The molecule has 0 radical (unpaired) electrons. The molecule has 0 aromatic carbocycles. The van der Waals surface area contributed by atoms with Crippen LogP contribution in [0.25, 0.3) is 5.57 Å². The molecule has 1 heterocycles. The van der Waals surface area contributed by atoms with Crippen molar-refractivity contribution in [2.24, 2.45) is 0 Å². The van der Waals surface area contributed by atoms with Crippen LogP contribution in [0.1, 0.15) is 5.69 Å². The van der Waals surface area contributed by atoms with Crippen molar-refractivity contribution >= 4 is 5.57 Å². The third-order valence-corrected chi connectivity index (χ3v) is 1.44. The third-order valence-electron chi connectivity index (χ3n) is 1.44. The van der Waals surface area contributed by atoms with Gasteiger partial charge in [0.05, 0.1) is 11.3 Å². The van der Waals surface area contributed by atoms with E-state index in [0.29, 0.717) is 0 Å². The smallest absolute Gasteiger partial charge is 0.361 e. The van der Waals surface area contributed by atoms with Gasteiger partial charge in [-0.15, -0.1) is 0 Å². The van der Waals surface area contributed by atoms with Crippen LogP contribution in [0.4, 0.5) is 13.2 Å². The van der Waals surface area contributed by atoms with Crippen molar-refractivity contribution in [2.45, 2.75) is 6.18 Å². The van der Waals surface area contributed by atoms with Gasteiger partial charge in [-0.2, -0.15) is 13.2 Å². The summed E-state index contributed by atoms with van der Waals surface area (Å²) in [6.07, 6.45) is -3.36. The van der Waals surface area contributed by atoms with E-state index in [2.05, 4.69) is 11.6 Å². The Bertz CT molecular complexity index is 377. The molecule has 0 saturated carbocycles. The van der Waals surface area contributed by atoms with E-state index >= 15 is 0 Å². The Labute approximate surface area is 71.7 Å². The van der Waals surface area contributed by atoms with Gasteiger partial charge in [-0.1, -0.05) is 6.58 Å². The standard InChI is InChI=1S/C8H6F3NO/c1-5(8(9,10)11)7-4-6(13)2-3-12-7/h2-4H,1H2,(H,12,13). The molecule has 0 bridgehead atoms. The fraction of sp³-hybridized carbons (Fsp3) is 0.125. The Morgan fingerprint density at radius 1 is 1.46 bits per heavy atom. The maximum absolute atomic E-state index is 12.0. The molecule has 70 valence electrons. The fourth-order valence-corrected chi connectivity index (χ4v) is 0.773. The predicted molar refractivity (Wildman–Crippen MR) is 42.2 cm³/mol. The molecule has 0 spiro atoms. The summed E-state index contributed by atoms with van der Waals surface area (Å²) in [4.78, 5) is 13.0. The Hall–Kier alpha value is -1.52. The topological polar surface area (TPSA) is 32.9 Å². The van der Waals surface area contributed by atoms with Crippen LogP contribution in [0.5, 0.6) is 0 Å². The molecule has 0 unspecified atom stereocenters. The van der Waals surface area contributed by atoms with Gasteiger partial charge in [-0.05, 0) is 0 Å². The first-order valence-corrected chi connectivity index (χ1v) is 3.36. The number of aromatic nitrogens is 1. The van der Waals surface area contributed by atoms with E-state index in [0.717, 1.165) is 18.3 Å². The van der Waals surface area contributed by atoms with Crippen LogP contribution in [-0.4, -0.2) is 11.2 Å². The van der Waals surface area contributed by atoms with Crippen LogP contribution in [0.15, 0.2) is 29.7 Å². The van der Waals surface area contributed by atoms with Gasteiger partial charge in [0.25, 0.3) is 0 Å². The van der Waals surface area contributed by atoms with E-state index in [-0.39, 0.29) is 5.69 Å². The first-order valence-electron chi connectivity index (χ1n) is 3.36. The lowest BCUT2D eigenvalue weighted by Crippen LogP contribution is -2.12. The number of alkyl halides is 3. The van der Waals surface area contributed by atoms with E-state index < -0.39 is 17.2 Å². The number of allylic oxidation sites excluding steroid dienone is 1. The highest BCUT2D eigenvalue weighted by Crippen LogP contribution is 2.30. The van der Waals surface area contributed by atoms with Crippen molar-refractivity contribution < 1.29 is 13.2 Å². The molecule has 0 aliphatic carbocycles. The average molecular weight is 189 g/mol. The zero-order valence-electron chi connectivity index (χ0n) is 6.48. The molecule has 0 amide bonds. The Morgan fingerprint density at radius 3 is 2.54 bits per heavy atom. The molecule has 1 aromatic rings. The lowest BCUT2D eigenvalue weighted by molar-refractivity contribution is -0.0688. The maximum atomic E-state index is 12.0. The minimum Gasteiger partial charge on any atom is -0.361 e. The molecular formula is C8H6F3NO. The second kappa shape index (κ2) is 3.08. The molecule has 0 saturated heterocycles. The average Bonchev–Trinajstić information content (AvgIpc) is 2.01. The number of hydrogen-bond donors (Lipinski definition) is 1. The van der Waals surface area contributed by atoms with Crippen LogP contribution < -0.4 is 5.43 Å². The van der Waals surface area contributed by atoms with Crippen molar-refractivity contribution in [3.8, 4) is 0 Å². The van der Waals surface area contributed by atoms with Crippen molar-refractivity contribution in [3.05, 3.63) is 40.8 Å². The number of hydrogen-bond acceptors (Lipinski definition) is 1. The minimum atomic E-state index is -4.51. The van der Waals surface area contributed by atoms with Gasteiger partial charge in [-0.25, -0.2) is 0 Å². The Kier molecular flexibility index (Phi) is 2.27. The van der Waals surface area contributed by atoms with Crippen molar-refractivity contribution in [1.82, 2.24) is 4.98 Å². The Balaban J connectivity index is 3.10. The summed E-state index contributed by atoms with van der Waals surface area (Å²) >= 11 is 0. The predicted octanol–water partition coefficient (Wildman–Crippen LogP) is 1.95. The van der Waals surface area contributed by atoms with E-state index in [1.807, 2.05) is 0 Å². The fourth-order valence-electron chi connectivity index (χ4n) is 0.773. The highest BCUT2D eigenvalue weighted by Gasteiger charge is 2.33. The normalized spacial score (nSPS) is 11.3. The van der Waals surface area contributed by atoms with Crippen LogP contribution in [0.3, 0.4) is 0 Å². The zero-order chi connectivity index (χ0) is 10.1. The summed E-state index contributed by atoms with van der Waals surface area (Å²) in [7, 11) is 0. The number of nitrogens with one attached hydrogen (secondary N) is 1. The van der Waals surface area contributed by atoms with Crippen molar-refractivity contribution in [2.75, 3.05) is 0 Å². The third kappa shape index (κ3) is 2.21. The quantitative estimate of drug-likeness (QED) is 0.719. The summed E-state index contributed by atoms with van der Waals surface area (Å²) < 4.78 is 36.1. The summed E-state index contributed by atoms with van der Waals surface area (Å²) in [5.41, 5.74) is -1.84. The van der Waals surface area contributed by atoms with E-state index in [4.69, 9.17) is 0 Å². The van der Waals surface area contributed by atoms with Crippen LogP contribution in [-0.2, 0) is 0 Å². The van der Waals surface area contributed by atoms with Gasteiger partial charge in [-0.3, -0.25) is 4.79 Å². The van der Waals surface area contributed by atoms with E-state index in [1.165, 1.54) is 0 Å². The second-order valence-electron chi connectivity index (χ2n) is 2.41. The van der Waals surface area contributed by atoms with Crippen molar-refractivity contribution in [3.63, 3.8) is 0 Å². The molecule has 0 aliphatic rings. The summed E-state index contributed by atoms with van der Waals surface area (Å²) in [6.45, 7) is 2.84. The van der Waals surface area contributed by atoms with Gasteiger partial charge in [0.2, 0.25) is 0 Å². The van der Waals surface area contributed by atoms with Crippen LogP contribution in [0.2, 0.25) is 0 Å². The molecule has 0 atom stereocenters. The Morgan fingerprint density at radius 2 is 2.08 bits per heavy atom. The molecule has 1 aromatic heterocycles. The van der Waals surface area contributed by atoms with Gasteiger partial charge in [0, 0.05) is 18.3 Å². The number of H-pyrrole nitrogens is 1. The molecule has 1 rings (SSSR count). The molecule has 13 heavy (non-hydrogen) atoms. The van der Waals surface area contributed by atoms with Gasteiger partial charge in [0.1, 0.15) is 0 Å². The molecule has 5 heteroatoms.